The summed E-state index contributed by atoms with van der Waals surface area (Å²) in [7, 11) is 12.8. The Balaban J connectivity index is 0.000000640. The first-order valence-electron chi connectivity index (χ1n) is 8.22. The number of carbonyl (C=O) groups is 1. The molecule has 3 aromatic carbocycles. The molecule has 0 atom stereocenters. The standard InChI is InChI=1S/C21H20O2P.3ClH.Cu/c1-17(22)23-18-13-15-21(16-14-18)24(2,19-9-5-3-6-10-19)20-11-7-4-8-12-20;;;;/h3-16H,1-2H3;3*1H;/q+1;;;;+2/p-3. The van der Waals surface area contributed by atoms with Crippen LogP contribution in [0.25, 0.3) is 0 Å². The number of hydrogen-bond donors (Lipinski definition) is 0. The maximum atomic E-state index is 11.1. The zero-order valence-corrected chi connectivity index (χ0v) is 19.4. The van der Waals surface area contributed by atoms with Crippen LogP contribution in [0.4, 0.5) is 0 Å². The molecule has 7 heteroatoms. The predicted octanol–water partition coefficient (Wildman–Crippen LogP) is 5.60. The van der Waals surface area contributed by atoms with E-state index >= 15 is 0 Å². The third-order valence-electron chi connectivity index (χ3n) is 4.16. The van der Waals surface area contributed by atoms with E-state index in [9.17, 15) is 4.79 Å². The quantitative estimate of drug-likeness (QED) is 0.200. The summed E-state index contributed by atoms with van der Waals surface area (Å²) in [4.78, 5) is 11.1. The van der Waals surface area contributed by atoms with Crippen molar-refractivity contribution in [2.45, 2.75) is 6.92 Å². The first-order valence-corrected chi connectivity index (χ1v) is 14.3. The molecule has 0 bridgehead atoms. The van der Waals surface area contributed by atoms with Crippen molar-refractivity contribution in [3.63, 3.8) is 0 Å². The third kappa shape index (κ3) is 6.49. The Hall–Kier alpha value is -1.05. The zero-order valence-electron chi connectivity index (χ0n) is 15.3. The van der Waals surface area contributed by atoms with E-state index in [1.807, 2.05) is 24.3 Å². The fourth-order valence-electron chi connectivity index (χ4n) is 2.88. The van der Waals surface area contributed by atoms with Crippen molar-refractivity contribution in [2.24, 2.45) is 0 Å². The van der Waals surface area contributed by atoms with Crippen molar-refractivity contribution < 1.29 is 20.7 Å². The van der Waals surface area contributed by atoms with Gasteiger partial charge in [-0.05, 0) is 48.5 Å². The molecule has 3 aromatic rings. The molecule has 0 aliphatic rings. The van der Waals surface area contributed by atoms with E-state index in [1.54, 1.807) is 0 Å². The topological polar surface area (TPSA) is 26.3 Å². The maximum absolute atomic E-state index is 11.1. The molecular weight excluding hydrogens is 485 g/mol. The first kappa shape index (κ1) is 23.2. The Bertz CT molecular complexity index is 833. The molecule has 153 valence electrons. The van der Waals surface area contributed by atoms with Gasteiger partial charge in [0.1, 0.15) is 28.9 Å². The van der Waals surface area contributed by atoms with E-state index in [-0.39, 0.29) is 5.97 Å². The second kappa shape index (κ2) is 11.2. The van der Waals surface area contributed by atoms with Crippen LogP contribution in [0.3, 0.4) is 0 Å². The molecule has 0 unspecified atom stereocenters. The summed E-state index contributed by atoms with van der Waals surface area (Å²) in [6, 6.07) is 29.1. The van der Waals surface area contributed by atoms with Gasteiger partial charge in [0.05, 0.1) is 6.66 Å². The number of esters is 1. The van der Waals surface area contributed by atoms with Crippen molar-refractivity contribution in [1.82, 2.24) is 0 Å². The van der Waals surface area contributed by atoms with E-state index in [0.717, 1.165) is 0 Å². The molecule has 0 heterocycles. The summed E-state index contributed by atoms with van der Waals surface area (Å²) in [5, 5.41) is 3.92. The van der Waals surface area contributed by atoms with Gasteiger partial charge in [0.25, 0.3) is 0 Å². The Labute approximate surface area is 183 Å². The number of rotatable bonds is 4. The number of ether oxygens (including phenoxy) is 1. The summed E-state index contributed by atoms with van der Waals surface area (Å²) in [5.41, 5.74) is 0. The second-order valence-electron chi connectivity index (χ2n) is 5.89. The van der Waals surface area contributed by atoms with Gasteiger partial charge in [-0.15, -0.1) is 0 Å². The molecule has 28 heavy (non-hydrogen) atoms. The monoisotopic (exact) mass is 503 g/mol. The minimum absolute atomic E-state index is 0.300. The molecule has 0 fully saturated rings. The van der Waals surface area contributed by atoms with Crippen molar-refractivity contribution in [1.29, 1.82) is 0 Å². The van der Waals surface area contributed by atoms with E-state index in [2.05, 4.69) is 67.3 Å². The molecule has 0 spiro atoms. The summed E-state index contributed by atoms with van der Waals surface area (Å²) in [5.74, 6) is 0.283. The van der Waals surface area contributed by atoms with Crippen molar-refractivity contribution in [3.8, 4) is 5.75 Å². The molecule has 0 N–H and O–H groups in total. The van der Waals surface area contributed by atoms with Crippen LogP contribution in [0.5, 0.6) is 5.75 Å². The van der Waals surface area contributed by atoms with Crippen molar-refractivity contribution in [2.75, 3.05) is 6.66 Å². The fourth-order valence-corrected chi connectivity index (χ4v) is 6.05. The SMILES string of the molecule is CC(=O)Oc1ccc([P+](C)(c2ccccc2)c2ccccc2)cc1.[Cl][Cu-]([Cl])[Cl]. The van der Waals surface area contributed by atoms with E-state index in [0.29, 0.717) is 5.75 Å². The van der Waals surface area contributed by atoms with Crippen LogP contribution in [0.15, 0.2) is 84.9 Å². The minimum atomic E-state index is -1.72. The van der Waals surface area contributed by atoms with E-state index < -0.39 is 18.4 Å². The number of carbonyl (C=O) groups excluding carboxylic acids is 1. The Morgan fingerprint density at radius 2 is 1.11 bits per heavy atom. The van der Waals surface area contributed by atoms with Gasteiger partial charge in [-0.3, -0.25) is 4.79 Å². The Morgan fingerprint density at radius 1 is 0.750 bits per heavy atom. The third-order valence-corrected chi connectivity index (χ3v) is 8.15. The summed E-state index contributed by atoms with van der Waals surface area (Å²) >= 11 is -0.896. The second-order valence-corrected chi connectivity index (χ2v) is 14.1. The molecule has 0 amide bonds. The van der Waals surface area contributed by atoms with Crippen LogP contribution >= 0.6 is 37.6 Å². The van der Waals surface area contributed by atoms with Crippen LogP contribution < -0.4 is 20.7 Å². The van der Waals surface area contributed by atoms with Crippen LogP contribution in [0.1, 0.15) is 6.92 Å². The van der Waals surface area contributed by atoms with Gasteiger partial charge in [-0.1, -0.05) is 36.4 Å². The zero-order chi connectivity index (χ0) is 20.6. The molecule has 0 radical (unpaired) electrons. The Kier molecular flexibility index (Phi) is 9.31. The predicted molar refractivity (Wildman–Crippen MR) is 120 cm³/mol. The number of halogens is 3. The number of hydrogen-bond acceptors (Lipinski definition) is 2. The van der Waals surface area contributed by atoms with Crippen LogP contribution in [0.2, 0.25) is 0 Å². The molecular formula is C21H20Cl3CuO2P. The van der Waals surface area contributed by atoms with Crippen molar-refractivity contribution >= 4 is 59.4 Å². The van der Waals surface area contributed by atoms with Gasteiger partial charge >= 0.3 is 47.4 Å². The van der Waals surface area contributed by atoms with Gasteiger partial charge in [-0.25, -0.2) is 0 Å². The summed E-state index contributed by atoms with van der Waals surface area (Å²) in [6.07, 6.45) is 0. The van der Waals surface area contributed by atoms with Gasteiger partial charge in [0.15, 0.2) is 0 Å². The molecule has 3 rings (SSSR count). The average Bonchev–Trinajstić information content (AvgIpc) is 2.68. The van der Waals surface area contributed by atoms with Gasteiger partial charge in [-0.2, -0.15) is 0 Å². The first-order chi connectivity index (χ1) is 13.3. The molecule has 0 aliphatic carbocycles. The Morgan fingerprint density at radius 3 is 1.46 bits per heavy atom. The number of benzene rings is 3. The average molecular weight is 505 g/mol. The van der Waals surface area contributed by atoms with Gasteiger partial charge in [0.2, 0.25) is 0 Å². The normalized spacial score (nSPS) is 11.1. The van der Waals surface area contributed by atoms with Gasteiger partial charge < -0.3 is 4.74 Å². The molecule has 0 aliphatic heterocycles. The molecule has 0 saturated heterocycles. The van der Waals surface area contributed by atoms with Crippen LogP contribution in [-0.4, -0.2) is 12.6 Å². The fraction of sp³-hybridized carbons (Fsp3) is 0.0952. The summed E-state index contributed by atoms with van der Waals surface area (Å²) < 4.78 is 5.17. The van der Waals surface area contributed by atoms with E-state index in [1.165, 1.54) is 22.8 Å². The molecule has 0 aromatic heterocycles. The van der Waals surface area contributed by atoms with Crippen molar-refractivity contribution in [3.05, 3.63) is 84.9 Å². The molecule has 0 saturated carbocycles. The summed E-state index contributed by atoms with van der Waals surface area (Å²) in [6.45, 7) is 3.75. The van der Waals surface area contributed by atoms with Gasteiger partial charge in [0, 0.05) is 6.92 Å². The molecule has 2 nitrogen and oxygen atoms in total. The van der Waals surface area contributed by atoms with Crippen LogP contribution in [-0.2, 0) is 16.0 Å². The van der Waals surface area contributed by atoms with Crippen LogP contribution in [0, 0.1) is 0 Å². The van der Waals surface area contributed by atoms with E-state index in [4.69, 9.17) is 35.0 Å².